The monoisotopic (exact) mass is 431 g/mol. The number of pyridine rings is 1. The summed E-state index contributed by atoms with van der Waals surface area (Å²) in [6.45, 7) is 3.96. The molecule has 0 aliphatic carbocycles. The predicted octanol–water partition coefficient (Wildman–Crippen LogP) is 3.15. The number of hydrogen-bond donors (Lipinski definition) is 2. The first-order valence-electron chi connectivity index (χ1n) is 10.4. The molecule has 0 aliphatic rings. The van der Waals surface area contributed by atoms with Crippen LogP contribution < -0.4 is 15.6 Å². The van der Waals surface area contributed by atoms with Crippen LogP contribution in [0.3, 0.4) is 0 Å². The first kappa shape index (κ1) is 21.3. The van der Waals surface area contributed by atoms with Crippen molar-refractivity contribution in [3.63, 3.8) is 0 Å². The van der Waals surface area contributed by atoms with Gasteiger partial charge in [0.15, 0.2) is 5.65 Å². The zero-order valence-electron chi connectivity index (χ0n) is 18.2. The highest BCUT2D eigenvalue weighted by Gasteiger charge is 2.22. The molecule has 0 spiro atoms. The van der Waals surface area contributed by atoms with E-state index in [0.717, 1.165) is 5.56 Å². The summed E-state index contributed by atoms with van der Waals surface area (Å²) in [6.07, 6.45) is 1.86. The number of carbonyl (C=O) groups excluding carboxylic acids is 1. The molecule has 0 bridgehead atoms. The molecule has 0 fully saturated rings. The molecule has 4 aromatic rings. The Bertz CT molecular complexity index is 1290. The topological polar surface area (TPSA) is 101 Å². The molecular weight excluding hydrogens is 406 g/mol. The summed E-state index contributed by atoms with van der Waals surface area (Å²) < 4.78 is 6.72. The number of nitrogens with one attached hydrogen (secondary N) is 2. The SMILES string of the molecule is COc1ccccc1CC(=O)NC(c1cc(=O)n2[nH]c(-c3ccccn3)cc2n1)C(C)C. The zero-order valence-corrected chi connectivity index (χ0v) is 18.2. The van der Waals surface area contributed by atoms with Crippen LogP contribution in [-0.2, 0) is 11.2 Å². The van der Waals surface area contributed by atoms with Crippen molar-refractivity contribution in [2.75, 3.05) is 7.11 Å². The van der Waals surface area contributed by atoms with Gasteiger partial charge in [-0.1, -0.05) is 38.1 Å². The van der Waals surface area contributed by atoms with Crippen molar-refractivity contribution in [2.45, 2.75) is 26.3 Å². The minimum absolute atomic E-state index is 0.0279. The Morgan fingerprint density at radius 1 is 1.16 bits per heavy atom. The normalized spacial score (nSPS) is 12.1. The highest BCUT2D eigenvalue weighted by molar-refractivity contribution is 5.79. The predicted molar refractivity (Wildman–Crippen MR) is 121 cm³/mol. The van der Waals surface area contributed by atoms with Gasteiger partial charge >= 0.3 is 0 Å². The summed E-state index contributed by atoms with van der Waals surface area (Å²) >= 11 is 0. The number of nitrogens with zero attached hydrogens (tertiary/aromatic N) is 3. The highest BCUT2D eigenvalue weighted by Crippen LogP contribution is 2.23. The number of H-pyrrole nitrogens is 1. The Balaban J connectivity index is 1.62. The van der Waals surface area contributed by atoms with E-state index in [0.29, 0.717) is 28.5 Å². The molecule has 164 valence electrons. The van der Waals surface area contributed by atoms with Crippen LogP contribution in [-0.4, -0.2) is 32.6 Å². The van der Waals surface area contributed by atoms with Crippen molar-refractivity contribution in [1.82, 2.24) is 24.9 Å². The molecule has 0 saturated heterocycles. The lowest BCUT2D eigenvalue weighted by atomic mass is 10.00. The molecule has 0 radical (unpaired) electrons. The quantitative estimate of drug-likeness (QED) is 0.468. The van der Waals surface area contributed by atoms with Crippen LogP contribution in [0.2, 0.25) is 0 Å². The van der Waals surface area contributed by atoms with E-state index in [-0.39, 0.29) is 23.8 Å². The fourth-order valence-electron chi connectivity index (χ4n) is 3.65. The summed E-state index contributed by atoms with van der Waals surface area (Å²) in [4.78, 5) is 34.6. The average molecular weight is 431 g/mol. The molecule has 0 aliphatic heterocycles. The van der Waals surface area contributed by atoms with E-state index in [1.54, 1.807) is 19.4 Å². The molecule has 32 heavy (non-hydrogen) atoms. The molecule has 2 N–H and O–H groups in total. The van der Waals surface area contributed by atoms with Gasteiger partial charge in [0, 0.05) is 23.9 Å². The molecule has 3 aromatic heterocycles. The van der Waals surface area contributed by atoms with Crippen LogP contribution in [0, 0.1) is 5.92 Å². The Morgan fingerprint density at radius 3 is 2.66 bits per heavy atom. The summed E-state index contributed by atoms with van der Waals surface area (Å²) in [5.41, 5.74) is 2.93. The molecule has 4 rings (SSSR count). The number of carbonyl (C=O) groups is 1. The summed E-state index contributed by atoms with van der Waals surface area (Å²) in [5.74, 6) is 0.523. The van der Waals surface area contributed by atoms with Crippen LogP contribution in [0.15, 0.2) is 65.6 Å². The van der Waals surface area contributed by atoms with E-state index in [2.05, 4.69) is 20.4 Å². The van der Waals surface area contributed by atoms with Crippen molar-refractivity contribution in [2.24, 2.45) is 5.92 Å². The number of hydrogen-bond acceptors (Lipinski definition) is 5. The Hall–Kier alpha value is -3.94. The van der Waals surface area contributed by atoms with Gasteiger partial charge in [-0.2, -0.15) is 0 Å². The number of ether oxygens (including phenoxy) is 1. The number of methoxy groups -OCH3 is 1. The lowest BCUT2D eigenvalue weighted by molar-refractivity contribution is -0.121. The highest BCUT2D eigenvalue weighted by atomic mass is 16.5. The molecule has 8 heteroatoms. The van der Waals surface area contributed by atoms with Gasteiger partial charge in [-0.3, -0.25) is 19.7 Å². The van der Waals surface area contributed by atoms with Crippen molar-refractivity contribution in [3.8, 4) is 17.1 Å². The van der Waals surface area contributed by atoms with E-state index in [1.165, 1.54) is 10.6 Å². The minimum atomic E-state index is -0.414. The van der Waals surface area contributed by atoms with Crippen LogP contribution in [0.1, 0.15) is 31.1 Å². The molecule has 8 nitrogen and oxygen atoms in total. The second-order valence-electron chi connectivity index (χ2n) is 7.88. The van der Waals surface area contributed by atoms with Gasteiger partial charge in [-0.15, -0.1) is 0 Å². The van der Waals surface area contributed by atoms with Gasteiger partial charge in [0.05, 0.1) is 36.7 Å². The molecule has 1 atom stereocenters. The van der Waals surface area contributed by atoms with Gasteiger partial charge < -0.3 is 10.1 Å². The second kappa shape index (κ2) is 9.05. The summed E-state index contributed by atoms with van der Waals surface area (Å²) in [7, 11) is 1.58. The summed E-state index contributed by atoms with van der Waals surface area (Å²) in [6, 6.07) is 15.8. The standard InChI is InChI=1S/C24H25N5O3/c1-15(2)24(27-22(30)12-16-8-4-5-10-20(16)32-3)19-14-23(31)29-21(26-19)13-18(28-29)17-9-6-7-11-25-17/h4-11,13-15,24,28H,12H2,1-3H3,(H,27,30). The minimum Gasteiger partial charge on any atom is -0.496 e. The van der Waals surface area contributed by atoms with Gasteiger partial charge in [0.2, 0.25) is 5.91 Å². The first-order chi connectivity index (χ1) is 15.5. The van der Waals surface area contributed by atoms with E-state index >= 15 is 0 Å². The lowest BCUT2D eigenvalue weighted by Crippen LogP contribution is -2.34. The lowest BCUT2D eigenvalue weighted by Gasteiger charge is -2.22. The number of benzene rings is 1. The van der Waals surface area contributed by atoms with Gasteiger partial charge in [0.1, 0.15) is 5.75 Å². The van der Waals surface area contributed by atoms with E-state index in [4.69, 9.17) is 4.74 Å². The van der Waals surface area contributed by atoms with Crippen molar-refractivity contribution in [1.29, 1.82) is 0 Å². The van der Waals surface area contributed by atoms with E-state index in [1.807, 2.05) is 56.3 Å². The zero-order chi connectivity index (χ0) is 22.7. The van der Waals surface area contributed by atoms with Crippen LogP contribution >= 0.6 is 0 Å². The van der Waals surface area contributed by atoms with E-state index < -0.39 is 6.04 Å². The summed E-state index contributed by atoms with van der Waals surface area (Å²) in [5, 5.41) is 6.07. The Morgan fingerprint density at radius 2 is 1.94 bits per heavy atom. The van der Waals surface area contributed by atoms with E-state index in [9.17, 15) is 9.59 Å². The fourth-order valence-corrected chi connectivity index (χ4v) is 3.65. The largest absolute Gasteiger partial charge is 0.496 e. The molecule has 1 amide bonds. The third-order valence-electron chi connectivity index (χ3n) is 5.26. The maximum atomic E-state index is 12.8. The van der Waals surface area contributed by atoms with Crippen molar-refractivity contribution in [3.05, 3.63) is 82.4 Å². The van der Waals surface area contributed by atoms with Gasteiger partial charge in [-0.25, -0.2) is 9.50 Å². The third kappa shape index (κ3) is 4.39. The number of para-hydroxylation sites is 1. The Kier molecular flexibility index (Phi) is 6.02. The number of fused-ring (bicyclic) bond motifs is 1. The first-order valence-corrected chi connectivity index (χ1v) is 10.4. The molecule has 1 unspecified atom stereocenters. The maximum absolute atomic E-state index is 12.8. The molecule has 0 saturated carbocycles. The van der Waals surface area contributed by atoms with Crippen molar-refractivity contribution < 1.29 is 9.53 Å². The number of amides is 1. The maximum Gasteiger partial charge on any atom is 0.272 e. The smallest absolute Gasteiger partial charge is 0.272 e. The number of aromatic nitrogens is 4. The molecule has 1 aromatic carbocycles. The van der Waals surface area contributed by atoms with Crippen LogP contribution in [0.5, 0.6) is 5.75 Å². The van der Waals surface area contributed by atoms with Crippen molar-refractivity contribution >= 4 is 11.6 Å². The average Bonchev–Trinajstić information content (AvgIpc) is 3.23. The molecular formula is C24H25N5O3. The van der Waals surface area contributed by atoms with Gasteiger partial charge in [0.25, 0.3) is 5.56 Å². The fraction of sp³-hybridized carbons (Fsp3) is 0.250. The van der Waals surface area contributed by atoms with Crippen LogP contribution in [0.4, 0.5) is 0 Å². The van der Waals surface area contributed by atoms with Crippen LogP contribution in [0.25, 0.3) is 17.0 Å². The third-order valence-corrected chi connectivity index (χ3v) is 5.26. The molecule has 3 heterocycles. The number of rotatable bonds is 7. The van der Waals surface area contributed by atoms with Gasteiger partial charge in [-0.05, 0) is 24.1 Å². The second-order valence-corrected chi connectivity index (χ2v) is 7.88. The Labute approximate surface area is 185 Å². The number of aromatic amines is 1.